The molecule has 39 heavy (non-hydrogen) atoms. The smallest absolute Gasteiger partial charge is 0.410 e. The average molecular weight is 553 g/mol. The van der Waals surface area contributed by atoms with Crippen LogP contribution in [0.25, 0.3) is 0 Å². The summed E-state index contributed by atoms with van der Waals surface area (Å²) in [5, 5.41) is 6.57. The third-order valence-corrected chi connectivity index (χ3v) is 7.42. The minimum Gasteiger partial charge on any atom is -0.497 e. The zero-order chi connectivity index (χ0) is 27.8. The molecule has 0 radical (unpaired) electrons. The third-order valence-electron chi connectivity index (χ3n) is 6.34. The van der Waals surface area contributed by atoms with E-state index in [4.69, 9.17) is 14.2 Å². The second-order valence-corrected chi connectivity index (χ2v) is 9.91. The van der Waals surface area contributed by atoms with Crippen LogP contribution in [0.15, 0.2) is 48.5 Å². The van der Waals surface area contributed by atoms with Gasteiger partial charge in [-0.3, -0.25) is 14.5 Å². The number of ether oxygens (including phenoxy) is 3. The van der Waals surface area contributed by atoms with Crippen molar-refractivity contribution in [1.29, 1.82) is 0 Å². The number of amides is 3. The summed E-state index contributed by atoms with van der Waals surface area (Å²) < 4.78 is 16.2. The molecule has 1 aromatic heterocycles. The second kappa shape index (κ2) is 13.1. The third kappa shape index (κ3) is 6.85. The van der Waals surface area contributed by atoms with Gasteiger partial charge in [-0.05, 0) is 30.5 Å². The zero-order valence-corrected chi connectivity index (χ0v) is 23.0. The highest BCUT2D eigenvalue weighted by Crippen LogP contribution is 2.38. The Morgan fingerprint density at radius 2 is 1.90 bits per heavy atom. The van der Waals surface area contributed by atoms with Crippen LogP contribution in [-0.4, -0.2) is 48.6 Å². The molecule has 4 rings (SSSR count). The van der Waals surface area contributed by atoms with Crippen LogP contribution in [0.2, 0.25) is 0 Å². The van der Waals surface area contributed by atoms with Crippen LogP contribution < -0.4 is 20.1 Å². The summed E-state index contributed by atoms with van der Waals surface area (Å²) in [7, 11) is 3.11. The van der Waals surface area contributed by atoms with E-state index in [2.05, 4.69) is 15.6 Å². The summed E-state index contributed by atoms with van der Waals surface area (Å²) in [4.78, 5) is 44.6. The summed E-state index contributed by atoms with van der Waals surface area (Å²) in [6, 6.07) is 14.4. The molecule has 2 aromatic carbocycles. The largest absolute Gasteiger partial charge is 0.497 e. The predicted octanol–water partition coefficient (Wildman–Crippen LogP) is 4.91. The number of nitrogens with one attached hydrogen (secondary N) is 2. The van der Waals surface area contributed by atoms with Gasteiger partial charge in [-0.1, -0.05) is 48.6 Å². The van der Waals surface area contributed by atoms with Crippen LogP contribution in [-0.2, 0) is 22.7 Å². The van der Waals surface area contributed by atoms with E-state index < -0.39 is 12.0 Å². The van der Waals surface area contributed by atoms with Gasteiger partial charge in [-0.2, -0.15) is 0 Å². The first kappa shape index (κ1) is 27.9. The normalized spacial score (nSPS) is 14.5. The molecule has 2 heterocycles. The van der Waals surface area contributed by atoms with Crippen molar-refractivity contribution in [2.45, 2.75) is 45.4 Å². The van der Waals surface area contributed by atoms with Gasteiger partial charge >= 0.3 is 6.09 Å². The maximum Gasteiger partial charge on any atom is 0.410 e. The number of hydrogen-bond acceptors (Lipinski definition) is 8. The quantitative estimate of drug-likeness (QED) is 0.367. The Kier molecular flexibility index (Phi) is 9.37. The first-order chi connectivity index (χ1) is 18.9. The molecule has 0 spiro atoms. The molecule has 1 saturated heterocycles. The van der Waals surface area contributed by atoms with Gasteiger partial charge in [-0.25, -0.2) is 9.78 Å². The Labute approximate surface area is 231 Å². The molecule has 0 aliphatic carbocycles. The topological polar surface area (TPSA) is 119 Å². The lowest BCUT2D eigenvalue weighted by atomic mass is 10.2. The lowest BCUT2D eigenvalue weighted by Gasteiger charge is -2.22. The predicted molar refractivity (Wildman–Crippen MR) is 147 cm³/mol. The van der Waals surface area contributed by atoms with Crippen molar-refractivity contribution in [1.82, 2.24) is 15.2 Å². The van der Waals surface area contributed by atoms with Crippen molar-refractivity contribution in [3.63, 3.8) is 0 Å². The van der Waals surface area contributed by atoms with Crippen molar-refractivity contribution in [2.24, 2.45) is 0 Å². The Balaban J connectivity index is 1.51. The number of likely N-dealkylation sites (tertiary alicyclic amines) is 1. The van der Waals surface area contributed by atoms with Crippen LogP contribution in [0.1, 0.15) is 58.9 Å². The van der Waals surface area contributed by atoms with Crippen molar-refractivity contribution in [3.8, 4) is 11.5 Å². The molecule has 206 valence electrons. The highest BCUT2D eigenvalue weighted by molar-refractivity contribution is 7.16. The van der Waals surface area contributed by atoms with Crippen molar-refractivity contribution < 1.29 is 28.6 Å². The molecule has 1 aliphatic rings. The fraction of sp³-hybridized carbons (Fsp3) is 0.357. The number of methoxy groups -OCH3 is 2. The summed E-state index contributed by atoms with van der Waals surface area (Å²) >= 11 is 1.20. The molecule has 1 atom stereocenters. The monoisotopic (exact) mass is 552 g/mol. The molecule has 0 bridgehead atoms. The Morgan fingerprint density at radius 3 is 2.62 bits per heavy atom. The number of thiazole rings is 1. The maximum absolute atomic E-state index is 13.2. The van der Waals surface area contributed by atoms with Gasteiger partial charge in [0.2, 0.25) is 5.91 Å². The van der Waals surface area contributed by atoms with Crippen LogP contribution in [0.4, 0.5) is 9.80 Å². The number of benzene rings is 2. The van der Waals surface area contributed by atoms with Gasteiger partial charge in [0.25, 0.3) is 5.91 Å². The first-order valence-electron chi connectivity index (χ1n) is 12.7. The molecule has 3 aromatic rings. The van der Waals surface area contributed by atoms with Crippen LogP contribution in [0.5, 0.6) is 11.5 Å². The first-order valence-corrected chi connectivity index (χ1v) is 13.5. The highest BCUT2D eigenvalue weighted by Gasteiger charge is 2.35. The van der Waals surface area contributed by atoms with E-state index in [-0.39, 0.29) is 37.2 Å². The molecular weight excluding hydrogens is 520 g/mol. The minimum absolute atomic E-state index is 0.105. The maximum atomic E-state index is 13.2. The number of hydrogen-bond donors (Lipinski definition) is 2. The van der Waals surface area contributed by atoms with E-state index in [9.17, 15) is 14.4 Å². The van der Waals surface area contributed by atoms with E-state index >= 15 is 0 Å². The minimum atomic E-state index is -0.446. The molecule has 0 unspecified atom stereocenters. The van der Waals surface area contributed by atoms with Gasteiger partial charge in [-0.15, -0.1) is 0 Å². The number of rotatable bonds is 10. The SMILES string of the molecule is CCC(=O)Nc1sc([C@H]2CCCN2C(=O)OCc2ccccc2)nc1C(=O)NCc1ccc(OC)cc1OC. The van der Waals surface area contributed by atoms with E-state index in [0.29, 0.717) is 34.5 Å². The molecule has 3 amide bonds. The fourth-order valence-electron chi connectivity index (χ4n) is 4.23. The van der Waals surface area contributed by atoms with Gasteiger partial charge in [0.1, 0.15) is 28.1 Å². The Morgan fingerprint density at radius 1 is 1.10 bits per heavy atom. The van der Waals surface area contributed by atoms with E-state index in [0.717, 1.165) is 17.5 Å². The van der Waals surface area contributed by atoms with E-state index in [1.165, 1.54) is 11.3 Å². The molecular formula is C28H32N4O6S. The number of aromatic nitrogens is 1. The standard InChI is InChI=1S/C28H32N4O6S/c1-4-23(33)30-27-24(25(34)29-16-19-12-13-20(36-2)15-22(19)37-3)31-26(39-27)21-11-8-14-32(21)28(35)38-17-18-9-6-5-7-10-18/h5-7,9-10,12-13,15,21H,4,8,11,14,16-17H2,1-3H3,(H,29,34)(H,30,33)/t21-/m1/s1. The number of carbonyl (C=O) groups excluding carboxylic acids is 3. The van der Waals surface area contributed by atoms with Crippen LogP contribution in [0.3, 0.4) is 0 Å². The molecule has 10 nitrogen and oxygen atoms in total. The summed E-state index contributed by atoms with van der Waals surface area (Å²) in [5.41, 5.74) is 1.76. The van der Waals surface area contributed by atoms with E-state index in [1.54, 1.807) is 38.2 Å². The molecule has 0 saturated carbocycles. The van der Waals surface area contributed by atoms with Crippen molar-refractivity contribution in [2.75, 3.05) is 26.1 Å². The summed E-state index contributed by atoms with van der Waals surface area (Å²) in [5.74, 6) is 0.530. The van der Waals surface area contributed by atoms with Gasteiger partial charge < -0.3 is 24.8 Å². The molecule has 11 heteroatoms. The summed E-state index contributed by atoms with van der Waals surface area (Å²) in [6.07, 6.45) is 1.27. The second-order valence-electron chi connectivity index (χ2n) is 8.88. The Hall–Kier alpha value is -4.12. The molecule has 1 fully saturated rings. The van der Waals surface area contributed by atoms with Crippen molar-refractivity contribution in [3.05, 3.63) is 70.4 Å². The number of carbonyl (C=O) groups is 3. The average Bonchev–Trinajstić information content (AvgIpc) is 3.62. The number of anilines is 1. The lowest BCUT2D eigenvalue weighted by molar-refractivity contribution is -0.115. The Bertz CT molecular complexity index is 1310. The number of nitrogens with zero attached hydrogens (tertiary/aromatic N) is 2. The van der Waals surface area contributed by atoms with E-state index in [1.807, 2.05) is 36.4 Å². The van der Waals surface area contributed by atoms with Gasteiger partial charge in [0, 0.05) is 31.1 Å². The van der Waals surface area contributed by atoms with Gasteiger partial charge in [0.05, 0.1) is 20.3 Å². The fourth-order valence-corrected chi connectivity index (χ4v) is 5.36. The van der Waals surface area contributed by atoms with Gasteiger partial charge in [0.15, 0.2) is 5.69 Å². The van der Waals surface area contributed by atoms with Crippen LogP contribution in [0, 0.1) is 0 Å². The van der Waals surface area contributed by atoms with Crippen molar-refractivity contribution >= 4 is 34.2 Å². The summed E-state index contributed by atoms with van der Waals surface area (Å²) in [6.45, 7) is 2.60. The molecule has 2 N–H and O–H groups in total. The highest BCUT2D eigenvalue weighted by atomic mass is 32.1. The zero-order valence-electron chi connectivity index (χ0n) is 22.2. The molecule has 1 aliphatic heterocycles. The lowest BCUT2D eigenvalue weighted by Crippen LogP contribution is -2.31. The van der Waals surface area contributed by atoms with Crippen LogP contribution >= 0.6 is 11.3 Å².